The Morgan fingerprint density at radius 1 is 1.26 bits per heavy atom. The van der Waals surface area contributed by atoms with Crippen molar-refractivity contribution in [3.63, 3.8) is 0 Å². The number of piperidine rings is 1. The number of nitrogens with zero attached hydrogens (tertiary/aromatic N) is 3. The molecule has 0 bridgehead atoms. The molecule has 1 N–H and O–H groups in total. The fraction of sp³-hybridized carbons (Fsp3) is 0.524. The van der Waals surface area contributed by atoms with Gasteiger partial charge in [-0.15, -0.1) is 11.3 Å². The molecule has 0 aliphatic carbocycles. The average Bonchev–Trinajstić information content (AvgIpc) is 3.12. The molecule has 2 heterocycles. The second kappa shape index (κ2) is 8.85. The minimum absolute atomic E-state index is 0.0756. The number of aromatic nitrogens is 1. The SMILES string of the molecule is CN=C(NCc1csc(-c2ccccc2)n1)N1CCC(OC(C)(C)C)CC1. The predicted octanol–water partition coefficient (Wildman–Crippen LogP) is 4.17. The molecule has 0 unspecified atom stereocenters. The zero-order chi connectivity index (χ0) is 19.3. The number of hydrogen-bond donors (Lipinski definition) is 1. The second-order valence-electron chi connectivity index (χ2n) is 7.83. The summed E-state index contributed by atoms with van der Waals surface area (Å²) >= 11 is 1.68. The summed E-state index contributed by atoms with van der Waals surface area (Å²) in [6, 6.07) is 10.3. The van der Waals surface area contributed by atoms with Crippen molar-refractivity contribution in [2.45, 2.75) is 51.9 Å². The van der Waals surface area contributed by atoms with Crippen molar-refractivity contribution in [2.24, 2.45) is 4.99 Å². The van der Waals surface area contributed by atoms with Crippen LogP contribution >= 0.6 is 11.3 Å². The maximum atomic E-state index is 6.12. The van der Waals surface area contributed by atoms with Gasteiger partial charge in [-0.2, -0.15) is 0 Å². The van der Waals surface area contributed by atoms with Crippen molar-refractivity contribution in [2.75, 3.05) is 20.1 Å². The van der Waals surface area contributed by atoms with Crippen LogP contribution in [0.1, 0.15) is 39.3 Å². The summed E-state index contributed by atoms with van der Waals surface area (Å²) in [6.07, 6.45) is 2.41. The van der Waals surface area contributed by atoms with Crippen molar-refractivity contribution in [3.8, 4) is 10.6 Å². The lowest BCUT2D eigenvalue weighted by molar-refractivity contribution is -0.0772. The first-order valence-corrected chi connectivity index (χ1v) is 10.5. The monoisotopic (exact) mass is 386 g/mol. The van der Waals surface area contributed by atoms with Gasteiger partial charge in [0.1, 0.15) is 5.01 Å². The van der Waals surface area contributed by atoms with E-state index in [2.05, 4.69) is 53.5 Å². The highest BCUT2D eigenvalue weighted by atomic mass is 32.1. The summed E-state index contributed by atoms with van der Waals surface area (Å²) in [5, 5.41) is 6.64. The molecule has 0 atom stereocenters. The lowest BCUT2D eigenvalue weighted by Crippen LogP contribution is -2.47. The highest BCUT2D eigenvalue weighted by molar-refractivity contribution is 7.13. The molecular weight excluding hydrogens is 356 g/mol. The summed E-state index contributed by atoms with van der Waals surface area (Å²) in [4.78, 5) is 11.5. The molecule has 1 aliphatic heterocycles. The molecule has 6 heteroatoms. The van der Waals surface area contributed by atoms with E-state index in [9.17, 15) is 0 Å². The van der Waals surface area contributed by atoms with Crippen LogP contribution < -0.4 is 5.32 Å². The van der Waals surface area contributed by atoms with Gasteiger partial charge >= 0.3 is 0 Å². The molecule has 0 amide bonds. The number of aliphatic imine (C=N–C) groups is 1. The molecule has 5 nitrogen and oxygen atoms in total. The summed E-state index contributed by atoms with van der Waals surface area (Å²) in [6.45, 7) is 8.99. The van der Waals surface area contributed by atoms with Gasteiger partial charge in [-0.3, -0.25) is 4.99 Å². The molecule has 1 aliphatic rings. The molecule has 1 saturated heterocycles. The van der Waals surface area contributed by atoms with E-state index in [1.54, 1.807) is 11.3 Å². The van der Waals surface area contributed by atoms with E-state index in [1.165, 1.54) is 5.56 Å². The largest absolute Gasteiger partial charge is 0.372 e. The maximum Gasteiger partial charge on any atom is 0.193 e. The molecule has 2 aromatic rings. The molecule has 0 radical (unpaired) electrons. The van der Waals surface area contributed by atoms with Gasteiger partial charge in [-0.25, -0.2) is 4.98 Å². The molecule has 27 heavy (non-hydrogen) atoms. The fourth-order valence-corrected chi connectivity index (χ4v) is 4.11. The van der Waals surface area contributed by atoms with Crippen molar-refractivity contribution < 1.29 is 4.74 Å². The molecule has 146 valence electrons. The Hall–Kier alpha value is -1.92. The van der Waals surface area contributed by atoms with E-state index in [0.29, 0.717) is 12.6 Å². The van der Waals surface area contributed by atoms with Gasteiger partial charge in [0.2, 0.25) is 0 Å². The van der Waals surface area contributed by atoms with Crippen LogP contribution in [-0.4, -0.2) is 47.7 Å². The van der Waals surface area contributed by atoms with Gasteiger partial charge in [0.25, 0.3) is 0 Å². The van der Waals surface area contributed by atoms with Crippen LogP contribution in [0.3, 0.4) is 0 Å². The number of nitrogens with one attached hydrogen (secondary N) is 1. The summed E-state index contributed by atoms with van der Waals surface area (Å²) in [7, 11) is 1.84. The zero-order valence-electron chi connectivity index (χ0n) is 16.7. The Bertz CT molecular complexity index is 743. The van der Waals surface area contributed by atoms with Crippen LogP contribution in [0.15, 0.2) is 40.7 Å². The minimum Gasteiger partial charge on any atom is -0.372 e. The fourth-order valence-electron chi connectivity index (χ4n) is 3.29. The smallest absolute Gasteiger partial charge is 0.193 e. The van der Waals surface area contributed by atoms with Gasteiger partial charge in [0.15, 0.2) is 5.96 Å². The lowest BCUT2D eigenvalue weighted by Gasteiger charge is -2.36. The average molecular weight is 387 g/mol. The van der Waals surface area contributed by atoms with E-state index < -0.39 is 0 Å². The third-order valence-electron chi connectivity index (χ3n) is 4.47. The molecule has 1 aromatic carbocycles. The number of benzene rings is 1. The number of guanidine groups is 1. The second-order valence-corrected chi connectivity index (χ2v) is 8.69. The van der Waals surface area contributed by atoms with E-state index in [1.807, 2.05) is 25.2 Å². The van der Waals surface area contributed by atoms with E-state index >= 15 is 0 Å². The summed E-state index contributed by atoms with van der Waals surface area (Å²) in [5.41, 5.74) is 2.14. The number of hydrogen-bond acceptors (Lipinski definition) is 4. The van der Waals surface area contributed by atoms with Crippen molar-refractivity contribution in [3.05, 3.63) is 41.4 Å². The Kier molecular flexibility index (Phi) is 6.50. The standard InChI is InChI=1S/C21H30N4OS/c1-21(2,3)26-18-10-12-25(13-11-18)20(22-4)23-14-17-15-27-19(24-17)16-8-6-5-7-9-16/h5-9,15,18H,10-14H2,1-4H3,(H,22,23). The van der Waals surface area contributed by atoms with Crippen molar-refractivity contribution >= 4 is 17.3 Å². The molecule has 3 rings (SSSR count). The van der Waals surface area contributed by atoms with Crippen LogP contribution in [0.2, 0.25) is 0 Å². The van der Waals surface area contributed by atoms with Crippen LogP contribution in [-0.2, 0) is 11.3 Å². The number of rotatable bonds is 4. The van der Waals surface area contributed by atoms with E-state index in [0.717, 1.165) is 42.6 Å². The highest BCUT2D eigenvalue weighted by Crippen LogP contribution is 2.23. The van der Waals surface area contributed by atoms with Crippen LogP contribution in [0.25, 0.3) is 10.6 Å². The molecule has 0 spiro atoms. The molecule has 0 saturated carbocycles. The van der Waals surface area contributed by atoms with Gasteiger partial charge in [0, 0.05) is 31.1 Å². The van der Waals surface area contributed by atoms with Crippen molar-refractivity contribution in [1.82, 2.24) is 15.2 Å². The maximum absolute atomic E-state index is 6.12. The normalized spacial score (nSPS) is 16.6. The third kappa shape index (κ3) is 5.78. The van der Waals surface area contributed by atoms with E-state index in [-0.39, 0.29) is 5.60 Å². The Balaban J connectivity index is 1.51. The number of thiazole rings is 1. The van der Waals surface area contributed by atoms with Gasteiger partial charge in [-0.1, -0.05) is 30.3 Å². The number of likely N-dealkylation sites (tertiary alicyclic amines) is 1. The van der Waals surface area contributed by atoms with Gasteiger partial charge < -0.3 is 15.0 Å². The van der Waals surface area contributed by atoms with Gasteiger partial charge in [0.05, 0.1) is 23.9 Å². The lowest BCUT2D eigenvalue weighted by atomic mass is 10.1. The topological polar surface area (TPSA) is 49.8 Å². The molecular formula is C21H30N4OS. The minimum atomic E-state index is -0.0756. The Labute approximate surface area is 166 Å². The van der Waals surface area contributed by atoms with Crippen molar-refractivity contribution in [1.29, 1.82) is 0 Å². The van der Waals surface area contributed by atoms with E-state index in [4.69, 9.17) is 9.72 Å². The van der Waals surface area contributed by atoms with Crippen LogP contribution in [0, 0.1) is 0 Å². The first-order valence-electron chi connectivity index (χ1n) is 9.58. The third-order valence-corrected chi connectivity index (χ3v) is 5.41. The highest BCUT2D eigenvalue weighted by Gasteiger charge is 2.25. The molecule has 1 fully saturated rings. The van der Waals surface area contributed by atoms with Crippen LogP contribution in [0.5, 0.6) is 0 Å². The molecule has 1 aromatic heterocycles. The Morgan fingerprint density at radius 2 is 1.96 bits per heavy atom. The first kappa shape index (κ1) is 19.8. The predicted molar refractivity (Wildman–Crippen MR) is 113 cm³/mol. The quantitative estimate of drug-likeness (QED) is 0.633. The number of ether oxygens (including phenoxy) is 1. The Morgan fingerprint density at radius 3 is 2.59 bits per heavy atom. The first-order chi connectivity index (χ1) is 12.9. The van der Waals surface area contributed by atoms with Crippen LogP contribution in [0.4, 0.5) is 0 Å². The summed E-state index contributed by atoms with van der Waals surface area (Å²) < 4.78 is 6.12. The summed E-state index contributed by atoms with van der Waals surface area (Å²) in [5.74, 6) is 0.943. The zero-order valence-corrected chi connectivity index (χ0v) is 17.6. The van der Waals surface area contributed by atoms with Gasteiger partial charge in [-0.05, 0) is 33.6 Å².